The van der Waals surface area contributed by atoms with Crippen molar-refractivity contribution in [1.82, 2.24) is 29.4 Å². The molecule has 33 heavy (non-hydrogen) atoms. The first-order valence-corrected chi connectivity index (χ1v) is 12.6. The molecule has 0 N–H and O–H groups in total. The van der Waals surface area contributed by atoms with Crippen molar-refractivity contribution < 1.29 is 13.2 Å². The maximum absolute atomic E-state index is 13.4. The summed E-state index contributed by atoms with van der Waals surface area (Å²) in [6.07, 6.45) is 4.92. The third-order valence-electron chi connectivity index (χ3n) is 6.50. The van der Waals surface area contributed by atoms with E-state index in [2.05, 4.69) is 15.5 Å². The summed E-state index contributed by atoms with van der Waals surface area (Å²) in [5.74, 6) is -0.110. The van der Waals surface area contributed by atoms with E-state index < -0.39 is 16.1 Å². The Labute approximate surface area is 193 Å². The van der Waals surface area contributed by atoms with E-state index in [-0.39, 0.29) is 19.0 Å². The van der Waals surface area contributed by atoms with Crippen LogP contribution in [0.15, 0.2) is 59.8 Å². The van der Waals surface area contributed by atoms with Crippen LogP contribution in [0.2, 0.25) is 0 Å². The van der Waals surface area contributed by atoms with Crippen molar-refractivity contribution in [2.75, 3.05) is 26.2 Å². The minimum atomic E-state index is -3.59. The third-order valence-corrected chi connectivity index (χ3v) is 8.39. The van der Waals surface area contributed by atoms with Crippen LogP contribution in [0.4, 0.5) is 0 Å². The molecule has 1 aliphatic heterocycles. The highest BCUT2D eigenvalue weighted by Crippen LogP contribution is 2.27. The Balaban J connectivity index is 1.29. The number of amides is 1. The lowest BCUT2D eigenvalue weighted by Crippen LogP contribution is -2.52. The van der Waals surface area contributed by atoms with Crippen molar-refractivity contribution >= 4 is 15.9 Å². The molecule has 1 amide bonds. The molecule has 1 fully saturated rings. The van der Waals surface area contributed by atoms with Gasteiger partial charge in [0.2, 0.25) is 15.9 Å². The number of fused-ring (bicyclic) bond motifs is 1. The number of rotatable bonds is 6. The van der Waals surface area contributed by atoms with Crippen LogP contribution >= 0.6 is 0 Å². The minimum Gasteiger partial charge on any atom is -0.338 e. The molecule has 3 aromatic rings. The lowest BCUT2D eigenvalue weighted by atomic mass is 10.0. The molecule has 5 rings (SSSR count). The standard InChI is InChI=1S/C23H26N6O3S/c30-23(22(29-17-24-25-26-29)15-18-5-2-1-3-6-18)27-11-13-28(14-12-27)33(31,32)21-10-9-19-7-4-8-20(19)16-21/h1-3,5-6,9-10,16-17,22H,4,7-8,11-15H2. The van der Waals surface area contributed by atoms with E-state index in [1.165, 1.54) is 20.9 Å². The van der Waals surface area contributed by atoms with Crippen molar-refractivity contribution in [3.05, 3.63) is 71.5 Å². The summed E-state index contributed by atoms with van der Waals surface area (Å²) >= 11 is 0. The number of aryl methyl sites for hydroxylation is 2. The molecule has 0 radical (unpaired) electrons. The van der Waals surface area contributed by atoms with Gasteiger partial charge in [-0.1, -0.05) is 36.4 Å². The molecule has 2 aromatic carbocycles. The number of sulfonamides is 1. The van der Waals surface area contributed by atoms with Crippen LogP contribution in [0.5, 0.6) is 0 Å². The topological polar surface area (TPSA) is 101 Å². The molecule has 10 heteroatoms. The lowest BCUT2D eigenvalue weighted by molar-refractivity contribution is -0.136. The molecule has 2 aliphatic rings. The van der Waals surface area contributed by atoms with Gasteiger partial charge in [0.25, 0.3) is 0 Å². The zero-order valence-corrected chi connectivity index (χ0v) is 19.1. The van der Waals surface area contributed by atoms with Crippen LogP contribution in [0, 0.1) is 0 Å². The zero-order chi connectivity index (χ0) is 22.8. The fraction of sp³-hybridized carbons (Fsp3) is 0.391. The maximum Gasteiger partial charge on any atom is 0.248 e. The average molecular weight is 467 g/mol. The number of hydrogen-bond donors (Lipinski definition) is 0. The molecule has 2 heterocycles. The van der Waals surface area contributed by atoms with Crippen molar-refractivity contribution in [2.24, 2.45) is 0 Å². The van der Waals surface area contributed by atoms with E-state index in [0.29, 0.717) is 24.4 Å². The van der Waals surface area contributed by atoms with Gasteiger partial charge in [-0.25, -0.2) is 13.1 Å². The van der Waals surface area contributed by atoms with Gasteiger partial charge in [-0.3, -0.25) is 4.79 Å². The van der Waals surface area contributed by atoms with Gasteiger partial charge in [0, 0.05) is 32.6 Å². The fourth-order valence-electron chi connectivity index (χ4n) is 4.66. The summed E-state index contributed by atoms with van der Waals surface area (Å²) in [4.78, 5) is 15.5. The second-order valence-corrected chi connectivity index (χ2v) is 10.4. The van der Waals surface area contributed by atoms with Gasteiger partial charge in [0.15, 0.2) is 0 Å². The van der Waals surface area contributed by atoms with E-state index in [1.807, 2.05) is 42.5 Å². The van der Waals surface area contributed by atoms with Crippen molar-refractivity contribution in [3.63, 3.8) is 0 Å². The van der Waals surface area contributed by atoms with Gasteiger partial charge in [0.1, 0.15) is 12.4 Å². The van der Waals surface area contributed by atoms with E-state index in [4.69, 9.17) is 0 Å². The van der Waals surface area contributed by atoms with E-state index in [1.54, 1.807) is 11.0 Å². The van der Waals surface area contributed by atoms with Crippen LogP contribution in [0.3, 0.4) is 0 Å². The molecule has 9 nitrogen and oxygen atoms in total. The number of benzene rings is 2. The normalized spacial score (nSPS) is 17.6. The third kappa shape index (κ3) is 4.40. The Kier molecular flexibility index (Phi) is 5.94. The maximum atomic E-state index is 13.4. The molecule has 1 unspecified atom stereocenters. The smallest absolute Gasteiger partial charge is 0.248 e. The van der Waals surface area contributed by atoms with Crippen LogP contribution in [-0.4, -0.2) is 69.9 Å². The molecular formula is C23H26N6O3S. The number of carbonyl (C=O) groups is 1. The van der Waals surface area contributed by atoms with Gasteiger partial charge in [-0.05, 0) is 58.5 Å². The first-order valence-electron chi connectivity index (χ1n) is 11.2. The number of hydrogen-bond acceptors (Lipinski definition) is 6. The summed E-state index contributed by atoms with van der Waals surface area (Å²) in [5.41, 5.74) is 3.38. The first-order chi connectivity index (χ1) is 16.0. The molecule has 1 aliphatic carbocycles. The Morgan fingerprint density at radius 1 is 0.970 bits per heavy atom. The molecule has 172 valence electrons. The summed E-state index contributed by atoms with van der Waals surface area (Å²) < 4.78 is 29.4. The zero-order valence-electron chi connectivity index (χ0n) is 18.2. The first kappa shape index (κ1) is 21.7. The van der Waals surface area contributed by atoms with Crippen LogP contribution in [0.25, 0.3) is 0 Å². The summed E-state index contributed by atoms with van der Waals surface area (Å²) in [6, 6.07) is 14.6. The highest BCUT2D eigenvalue weighted by Gasteiger charge is 2.34. The number of piperazine rings is 1. The Morgan fingerprint density at radius 2 is 1.73 bits per heavy atom. The van der Waals surface area contributed by atoms with E-state index in [9.17, 15) is 13.2 Å². The highest BCUT2D eigenvalue weighted by atomic mass is 32.2. The van der Waals surface area contributed by atoms with Crippen molar-refractivity contribution in [1.29, 1.82) is 0 Å². The van der Waals surface area contributed by atoms with Crippen molar-refractivity contribution in [2.45, 2.75) is 36.6 Å². The van der Waals surface area contributed by atoms with Crippen LogP contribution < -0.4 is 0 Å². The van der Waals surface area contributed by atoms with Gasteiger partial charge in [-0.15, -0.1) is 5.10 Å². The number of tetrazole rings is 1. The van der Waals surface area contributed by atoms with Gasteiger partial charge in [0.05, 0.1) is 4.90 Å². The predicted octanol–water partition coefficient (Wildman–Crippen LogP) is 1.48. The Morgan fingerprint density at radius 3 is 2.45 bits per heavy atom. The fourth-order valence-corrected chi connectivity index (χ4v) is 6.13. The molecule has 1 atom stereocenters. The second kappa shape index (κ2) is 9.03. The predicted molar refractivity (Wildman–Crippen MR) is 121 cm³/mol. The number of carbonyl (C=O) groups excluding carboxylic acids is 1. The van der Waals surface area contributed by atoms with Gasteiger partial charge >= 0.3 is 0 Å². The molecule has 0 spiro atoms. The molecule has 1 aromatic heterocycles. The van der Waals surface area contributed by atoms with E-state index >= 15 is 0 Å². The molecule has 0 bridgehead atoms. The summed E-state index contributed by atoms with van der Waals surface area (Å²) in [6.45, 7) is 1.19. The Bertz CT molecular complexity index is 1220. The monoisotopic (exact) mass is 466 g/mol. The lowest BCUT2D eigenvalue weighted by Gasteiger charge is -2.35. The molecule has 1 saturated heterocycles. The Hall–Kier alpha value is -3.11. The van der Waals surface area contributed by atoms with Gasteiger partial charge in [-0.2, -0.15) is 4.31 Å². The molecule has 0 saturated carbocycles. The van der Waals surface area contributed by atoms with Crippen LogP contribution in [0.1, 0.15) is 29.2 Å². The second-order valence-electron chi connectivity index (χ2n) is 8.51. The number of nitrogens with zero attached hydrogens (tertiary/aromatic N) is 6. The van der Waals surface area contributed by atoms with E-state index in [0.717, 1.165) is 30.4 Å². The van der Waals surface area contributed by atoms with Gasteiger partial charge < -0.3 is 4.90 Å². The number of aromatic nitrogens is 4. The van der Waals surface area contributed by atoms with Crippen molar-refractivity contribution in [3.8, 4) is 0 Å². The molecular weight excluding hydrogens is 440 g/mol. The minimum absolute atomic E-state index is 0.110. The largest absolute Gasteiger partial charge is 0.338 e. The highest BCUT2D eigenvalue weighted by molar-refractivity contribution is 7.89. The average Bonchev–Trinajstić information content (AvgIpc) is 3.54. The SMILES string of the molecule is O=C(C(Cc1ccccc1)n1cnnn1)N1CCN(S(=O)(=O)c2ccc3c(c2)CCC3)CC1. The quantitative estimate of drug-likeness (QED) is 0.545. The summed E-state index contributed by atoms with van der Waals surface area (Å²) in [5, 5.41) is 11.3. The summed E-state index contributed by atoms with van der Waals surface area (Å²) in [7, 11) is -3.59. The van der Waals surface area contributed by atoms with Crippen LogP contribution in [-0.2, 0) is 34.1 Å².